The highest BCUT2D eigenvalue weighted by Gasteiger charge is 2.16. The molecule has 0 aliphatic carbocycles. The van der Waals surface area contributed by atoms with Gasteiger partial charge >= 0.3 is 0 Å². The largest absolute Gasteiger partial charge is 0.333 e. The molecule has 0 spiro atoms. The van der Waals surface area contributed by atoms with Crippen molar-refractivity contribution in [2.75, 3.05) is 32.0 Å². The summed E-state index contributed by atoms with van der Waals surface area (Å²) < 4.78 is 0. The molecule has 1 aromatic carbocycles. The normalized spacial score (nSPS) is 10.3. The number of nitrogens with zero attached hydrogens (tertiary/aromatic N) is 1. The molecule has 22 heavy (non-hydrogen) atoms. The number of anilines is 1. The molecule has 1 aromatic rings. The van der Waals surface area contributed by atoms with E-state index in [9.17, 15) is 9.59 Å². The van der Waals surface area contributed by atoms with E-state index >= 15 is 0 Å². The van der Waals surface area contributed by atoms with Crippen molar-refractivity contribution >= 4 is 17.5 Å². The zero-order chi connectivity index (χ0) is 16.4. The number of amides is 2. The van der Waals surface area contributed by atoms with Crippen molar-refractivity contribution in [3.8, 4) is 0 Å². The lowest BCUT2D eigenvalue weighted by Crippen LogP contribution is -2.38. The van der Waals surface area contributed by atoms with Crippen LogP contribution in [0.1, 0.15) is 31.7 Å². The average Bonchev–Trinajstić information content (AvgIpc) is 2.49. The molecule has 0 radical (unpaired) electrons. The minimum Gasteiger partial charge on any atom is -0.333 e. The lowest BCUT2D eigenvalue weighted by atomic mass is 10.2. The third-order valence-electron chi connectivity index (χ3n) is 3.42. The number of hydrogen-bond acceptors (Lipinski definition) is 3. The van der Waals surface area contributed by atoms with E-state index in [1.165, 1.54) is 0 Å². The molecule has 122 valence electrons. The molecule has 0 saturated carbocycles. The van der Waals surface area contributed by atoms with Crippen LogP contribution in [0.4, 0.5) is 5.69 Å². The Balaban J connectivity index is 2.56. The Kier molecular flexibility index (Phi) is 8.22. The lowest BCUT2D eigenvalue weighted by Gasteiger charge is -2.22. The van der Waals surface area contributed by atoms with Crippen molar-refractivity contribution < 1.29 is 9.59 Å². The molecular weight excluding hydrogens is 278 g/mol. The van der Waals surface area contributed by atoms with Crippen molar-refractivity contribution in [1.82, 2.24) is 10.2 Å². The van der Waals surface area contributed by atoms with Crippen LogP contribution in [0.15, 0.2) is 24.3 Å². The molecule has 2 amide bonds. The molecule has 0 aliphatic heterocycles. The molecule has 0 bridgehead atoms. The Morgan fingerprint density at radius 2 is 1.95 bits per heavy atom. The molecular formula is C17H27N3O2. The quantitative estimate of drug-likeness (QED) is 0.687. The maximum absolute atomic E-state index is 12.2. The Hall–Kier alpha value is -1.88. The van der Waals surface area contributed by atoms with E-state index in [4.69, 9.17) is 0 Å². The van der Waals surface area contributed by atoms with Crippen LogP contribution in [0.25, 0.3) is 0 Å². The minimum absolute atomic E-state index is 0.0389. The first-order valence-corrected chi connectivity index (χ1v) is 7.86. The fourth-order valence-electron chi connectivity index (χ4n) is 2.21. The Morgan fingerprint density at radius 3 is 2.59 bits per heavy atom. The maximum atomic E-state index is 12.2. The Morgan fingerprint density at radius 1 is 1.23 bits per heavy atom. The second-order valence-corrected chi connectivity index (χ2v) is 5.39. The van der Waals surface area contributed by atoms with Gasteiger partial charge in [-0.3, -0.25) is 9.59 Å². The van der Waals surface area contributed by atoms with Gasteiger partial charge in [-0.2, -0.15) is 0 Å². The van der Waals surface area contributed by atoms with Gasteiger partial charge in [0.25, 0.3) is 0 Å². The van der Waals surface area contributed by atoms with Gasteiger partial charge in [-0.1, -0.05) is 25.1 Å². The molecule has 0 atom stereocenters. The smallest absolute Gasteiger partial charge is 0.244 e. The summed E-state index contributed by atoms with van der Waals surface area (Å²) in [5, 5.41) is 5.90. The van der Waals surface area contributed by atoms with Gasteiger partial charge in [-0.05, 0) is 45.0 Å². The fraction of sp³-hybridized carbons (Fsp3) is 0.529. The molecule has 0 saturated heterocycles. The summed E-state index contributed by atoms with van der Waals surface area (Å²) >= 11 is 0. The highest BCUT2D eigenvalue weighted by atomic mass is 16.2. The lowest BCUT2D eigenvalue weighted by molar-refractivity contribution is -0.134. The molecule has 0 fully saturated rings. The second-order valence-electron chi connectivity index (χ2n) is 5.39. The van der Waals surface area contributed by atoms with E-state index in [0.29, 0.717) is 13.0 Å². The van der Waals surface area contributed by atoms with Gasteiger partial charge in [0.2, 0.25) is 11.8 Å². The standard InChI is InChI=1S/C17H27N3O2/c1-4-12-20(17(22)10-7-11-18-3)13-16(21)19-15-9-6-5-8-14(15)2/h5-6,8-9,18H,4,7,10-13H2,1-3H3,(H,19,21). The van der Waals surface area contributed by atoms with Gasteiger partial charge in [-0.25, -0.2) is 0 Å². The number of carbonyl (C=O) groups excluding carboxylic acids is 2. The number of carbonyl (C=O) groups is 2. The third-order valence-corrected chi connectivity index (χ3v) is 3.42. The van der Waals surface area contributed by atoms with Crippen LogP contribution in [0, 0.1) is 6.92 Å². The molecule has 0 heterocycles. The zero-order valence-electron chi connectivity index (χ0n) is 13.8. The highest BCUT2D eigenvalue weighted by molar-refractivity contribution is 5.95. The predicted molar refractivity (Wildman–Crippen MR) is 89.8 cm³/mol. The monoisotopic (exact) mass is 305 g/mol. The summed E-state index contributed by atoms with van der Waals surface area (Å²) in [6, 6.07) is 7.63. The van der Waals surface area contributed by atoms with E-state index in [1.54, 1.807) is 4.90 Å². The number of nitrogens with one attached hydrogen (secondary N) is 2. The first-order chi connectivity index (χ1) is 10.6. The van der Waals surface area contributed by atoms with Gasteiger partial charge < -0.3 is 15.5 Å². The number of benzene rings is 1. The van der Waals surface area contributed by atoms with E-state index in [0.717, 1.165) is 30.6 Å². The van der Waals surface area contributed by atoms with Crippen LogP contribution in [0.2, 0.25) is 0 Å². The summed E-state index contributed by atoms with van der Waals surface area (Å²) in [6.45, 7) is 5.48. The van der Waals surface area contributed by atoms with Crippen molar-refractivity contribution in [2.45, 2.75) is 33.1 Å². The number of para-hydroxylation sites is 1. The Labute approximate surface area is 133 Å². The average molecular weight is 305 g/mol. The SMILES string of the molecule is CCCN(CC(=O)Nc1ccccc1C)C(=O)CCCNC. The van der Waals surface area contributed by atoms with Gasteiger partial charge in [-0.15, -0.1) is 0 Å². The maximum Gasteiger partial charge on any atom is 0.244 e. The van der Waals surface area contributed by atoms with Gasteiger partial charge in [0.05, 0.1) is 6.54 Å². The van der Waals surface area contributed by atoms with E-state index in [1.807, 2.05) is 45.2 Å². The third kappa shape index (κ3) is 6.26. The van der Waals surface area contributed by atoms with Crippen LogP contribution in [-0.4, -0.2) is 43.4 Å². The number of hydrogen-bond donors (Lipinski definition) is 2. The molecule has 0 aromatic heterocycles. The van der Waals surface area contributed by atoms with Gasteiger partial charge in [0.1, 0.15) is 0 Å². The van der Waals surface area contributed by atoms with Crippen LogP contribution in [0.5, 0.6) is 0 Å². The summed E-state index contributed by atoms with van der Waals surface area (Å²) in [7, 11) is 1.87. The molecule has 0 unspecified atom stereocenters. The van der Waals surface area contributed by atoms with E-state index in [2.05, 4.69) is 10.6 Å². The molecule has 2 N–H and O–H groups in total. The molecule has 1 rings (SSSR count). The van der Waals surface area contributed by atoms with E-state index in [-0.39, 0.29) is 18.4 Å². The predicted octanol–water partition coefficient (Wildman–Crippen LogP) is 2.17. The highest BCUT2D eigenvalue weighted by Crippen LogP contribution is 2.13. The van der Waals surface area contributed by atoms with Gasteiger partial charge in [0, 0.05) is 18.7 Å². The first kappa shape index (κ1) is 18.2. The molecule has 0 aliphatic rings. The topological polar surface area (TPSA) is 61.4 Å². The molecule has 5 heteroatoms. The number of aryl methyl sites for hydroxylation is 1. The van der Waals surface area contributed by atoms with E-state index < -0.39 is 0 Å². The van der Waals surface area contributed by atoms with Crippen molar-refractivity contribution in [3.63, 3.8) is 0 Å². The number of rotatable bonds is 9. The van der Waals surface area contributed by atoms with Crippen molar-refractivity contribution in [2.24, 2.45) is 0 Å². The van der Waals surface area contributed by atoms with Crippen LogP contribution in [0.3, 0.4) is 0 Å². The summed E-state index contributed by atoms with van der Waals surface area (Å²) in [4.78, 5) is 26.0. The molecule has 5 nitrogen and oxygen atoms in total. The van der Waals surface area contributed by atoms with Crippen LogP contribution >= 0.6 is 0 Å². The van der Waals surface area contributed by atoms with Crippen molar-refractivity contribution in [1.29, 1.82) is 0 Å². The summed E-state index contributed by atoms with van der Waals surface area (Å²) in [5.74, 6) is -0.109. The fourth-order valence-corrected chi connectivity index (χ4v) is 2.21. The second kappa shape index (κ2) is 9.95. The first-order valence-electron chi connectivity index (χ1n) is 7.86. The van der Waals surface area contributed by atoms with Gasteiger partial charge in [0.15, 0.2) is 0 Å². The Bertz CT molecular complexity index is 489. The van der Waals surface area contributed by atoms with Crippen LogP contribution in [-0.2, 0) is 9.59 Å². The van der Waals surface area contributed by atoms with Crippen molar-refractivity contribution in [3.05, 3.63) is 29.8 Å². The minimum atomic E-state index is -0.148. The summed E-state index contributed by atoms with van der Waals surface area (Å²) in [6.07, 6.45) is 2.10. The summed E-state index contributed by atoms with van der Waals surface area (Å²) in [5.41, 5.74) is 1.81. The van der Waals surface area contributed by atoms with Crippen LogP contribution < -0.4 is 10.6 Å². The zero-order valence-corrected chi connectivity index (χ0v) is 13.8.